The van der Waals surface area contributed by atoms with Crippen LogP contribution < -0.4 is 10.6 Å². The van der Waals surface area contributed by atoms with E-state index in [0.29, 0.717) is 12.1 Å². The Balaban J connectivity index is 1.91. The molecule has 6 nitrogen and oxygen atoms in total. The van der Waals surface area contributed by atoms with Crippen LogP contribution in [0.3, 0.4) is 0 Å². The van der Waals surface area contributed by atoms with E-state index in [2.05, 4.69) is 29.5 Å². The van der Waals surface area contributed by atoms with Crippen LogP contribution in [0.25, 0.3) is 0 Å². The maximum Gasteiger partial charge on any atom is 0.243 e. The van der Waals surface area contributed by atoms with Crippen LogP contribution in [0, 0.1) is 11.8 Å². The lowest BCUT2D eigenvalue weighted by molar-refractivity contribution is -0.127. The standard InChI is InChI=1S/C19H36N4O2/c1-14(2)15-5-7-16(8-6-15)21-19(20-13-18(24)23(3)4)22-17-9-11-25-12-10-17/h14-17H,5-13H2,1-4H3,(H2,20,21,22). The molecule has 0 radical (unpaired) electrons. The molecular weight excluding hydrogens is 316 g/mol. The molecule has 0 atom stereocenters. The molecule has 2 N–H and O–H groups in total. The smallest absolute Gasteiger partial charge is 0.243 e. The molecule has 0 unspecified atom stereocenters. The first-order valence-corrected chi connectivity index (χ1v) is 9.81. The number of hydrogen-bond donors (Lipinski definition) is 2. The summed E-state index contributed by atoms with van der Waals surface area (Å²) < 4.78 is 5.43. The van der Waals surface area contributed by atoms with Crippen LogP contribution in [0.15, 0.2) is 4.99 Å². The minimum absolute atomic E-state index is 0.0246. The quantitative estimate of drug-likeness (QED) is 0.587. The van der Waals surface area contributed by atoms with E-state index in [0.717, 1.165) is 43.9 Å². The van der Waals surface area contributed by atoms with Gasteiger partial charge in [-0.3, -0.25) is 4.79 Å². The zero-order valence-electron chi connectivity index (χ0n) is 16.4. The Morgan fingerprint density at radius 1 is 1.04 bits per heavy atom. The third-order valence-corrected chi connectivity index (χ3v) is 5.49. The lowest BCUT2D eigenvalue weighted by Gasteiger charge is -2.33. The summed E-state index contributed by atoms with van der Waals surface area (Å²) in [5.74, 6) is 2.43. The van der Waals surface area contributed by atoms with E-state index in [1.807, 2.05) is 0 Å². The van der Waals surface area contributed by atoms with Crippen molar-refractivity contribution in [1.82, 2.24) is 15.5 Å². The maximum atomic E-state index is 11.9. The summed E-state index contributed by atoms with van der Waals surface area (Å²) in [5.41, 5.74) is 0. The minimum atomic E-state index is 0.0246. The molecule has 1 amide bonds. The van der Waals surface area contributed by atoms with Crippen LogP contribution >= 0.6 is 0 Å². The molecule has 2 rings (SSSR count). The molecule has 2 aliphatic rings. The first-order valence-electron chi connectivity index (χ1n) is 9.81. The van der Waals surface area contributed by atoms with Crippen molar-refractivity contribution in [3.8, 4) is 0 Å². The molecule has 1 saturated heterocycles. The number of nitrogens with zero attached hydrogens (tertiary/aromatic N) is 2. The summed E-state index contributed by atoms with van der Waals surface area (Å²) in [7, 11) is 3.54. The highest BCUT2D eigenvalue weighted by Crippen LogP contribution is 2.29. The molecule has 0 bridgehead atoms. The van der Waals surface area contributed by atoms with Gasteiger partial charge in [0.1, 0.15) is 6.54 Å². The summed E-state index contributed by atoms with van der Waals surface area (Å²) in [5, 5.41) is 7.10. The summed E-state index contributed by atoms with van der Waals surface area (Å²) >= 11 is 0. The topological polar surface area (TPSA) is 66.0 Å². The van der Waals surface area contributed by atoms with E-state index in [-0.39, 0.29) is 12.5 Å². The molecule has 1 aliphatic heterocycles. The number of aliphatic imine (C=N–C) groups is 1. The molecular formula is C19H36N4O2. The molecule has 2 fully saturated rings. The second kappa shape index (κ2) is 10.00. The molecule has 25 heavy (non-hydrogen) atoms. The highest BCUT2D eigenvalue weighted by molar-refractivity contribution is 5.85. The molecule has 0 aromatic carbocycles. The van der Waals surface area contributed by atoms with E-state index in [4.69, 9.17) is 4.74 Å². The largest absolute Gasteiger partial charge is 0.381 e. The van der Waals surface area contributed by atoms with Crippen molar-refractivity contribution >= 4 is 11.9 Å². The van der Waals surface area contributed by atoms with E-state index >= 15 is 0 Å². The monoisotopic (exact) mass is 352 g/mol. The van der Waals surface area contributed by atoms with Crippen molar-refractivity contribution in [3.63, 3.8) is 0 Å². The van der Waals surface area contributed by atoms with Crippen LogP contribution in [0.2, 0.25) is 0 Å². The van der Waals surface area contributed by atoms with Gasteiger partial charge in [0.05, 0.1) is 0 Å². The predicted molar refractivity (Wildman–Crippen MR) is 102 cm³/mol. The number of carbonyl (C=O) groups is 1. The predicted octanol–water partition coefficient (Wildman–Crippen LogP) is 2.00. The van der Waals surface area contributed by atoms with Gasteiger partial charge in [-0.2, -0.15) is 0 Å². The summed E-state index contributed by atoms with van der Waals surface area (Å²) in [6.07, 6.45) is 6.88. The summed E-state index contributed by atoms with van der Waals surface area (Å²) in [4.78, 5) is 18.0. The Morgan fingerprint density at radius 3 is 2.12 bits per heavy atom. The fourth-order valence-electron chi connectivity index (χ4n) is 3.58. The van der Waals surface area contributed by atoms with Crippen LogP contribution in [0.5, 0.6) is 0 Å². The maximum absolute atomic E-state index is 11.9. The van der Waals surface area contributed by atoms with Crippen molar-refractivity contribution < 1.29 is 9.53 Å². The van der Waals surface area contributed by atoms with Gasteiger partial charge in [-0.05, 0) is 50.4 Å². The fourth-order valence-corrected chi connectivity index (χ4v) is 3.58. The summed E-state index contributed by atoms with van der Waals surface area (Å²) in [6.45, 7) is 6.42. The second-order valence-electron chi connectivity index (χ2n) is 7.98. The van der Waals surface area contributed by atoms with Crippen LogP contribution in [-0.2, 0) is 9.53 Å². The lowest BCUT2D eigenvalue weighted by Crippen LogP contribution is -2.50. The Bertz CT molecular complexity index is 437. The van der Waals surface area contributed by atoms with Crippen LogP contribution in [0.4, 0.5) is 0 Å². The molecule has 6 heteroatoms. The van der Waals surface area contributed by atoms with Gasteiger partial charge >= 0.3 is 0 Å². The third-order valence-electron chi connectivity index (χ3n) is 5.49. The van der Waals surface area contributed by atoms with Gasteiger partial charge in [0, 0.05) is 39.4 Å². The average molecular weight is 353 g/mol. The van der Waals surface area contributed by atoms with E-state index < -0.39 is 0 Å². The minimum Gasteiger partial charge on any atom is -0.381 e. The highest BCUT2D eigenvalue weighted by Gasteiger charge is 2.24. The van der Waals surface area contributed by atoms with Gasteiger partial charge in [0.2, 0.25) is 5.91 Å². The zero-order valence-corrected chi connectivity index (χ0v) is 16.4. The average Bonchev–Trinajstić information content (AvgIpc) is 2.60. The van der Waals surface area contributed by atoms with Gasteiger partial charge in [0.25, 0.3) is 0 Å². The number of likely N-dealkylation sites (N-methyl/N-ethyl adjacent to an activating group) is 1. The van der Waals surface area contributed by atoms with Crippen molar-refractivity contribution in [2.24, 2.45) is 16.8 Å². The van der Waals surface area contributed by atoms with E-state index in [1.54, 1.807) is 19.0 Å². The molecule has 0 aromatic rings. The Kier molecular flexibility index (Phi) is 8.00. The van der Waals surface area contributed by atoms with Crippen molar-refractivity contribution in [2.45, 2.75) is 64.5 Å². The number of guanidine groups is 1. The highest BCUT2D eigenvalue weighted by atomic mass is 16.5. The van der Waals surface area contributed by atoms with E-state index in [1.165, 1.54) is 25.7 Å². The summed E-state index contributed by atoms with van der Waals surface area (Å²) in [6, 6.07) is 0.831. The normalized spacial score (nSPS) is 25.7. The van der Waals surface area contributed by atoms with Gasteiger partial charge in [0.15, 0.2) is 5.96 Å². The number of hydrogen-bond acceptors (Lipinski definition) is 3. The Labute approximate surface area is 152 Å². The van der Waals surface area contributed by atoms with Crippen LogP contribution in [0.1, 0.15) is 52.4 Å². The molecule has 1 heterocycles. The molecule has 0 aromatic heterocycles. The molecule has 144 valence electrons. The number of nitrogens with one attached hydrogen (secondary N) is 2. The Hall–Kier alpha value is -1.30. The molecule has 1 saturated carbocycles. The lowest BCUT2D eigenvalue weighted by atomic mass is 9.80. The van der Waals surface area contributed by atoms with Gasteiger partial charge in [-0.25, -0.2) is 4.99 Å². The first-order chi connectivity index (χ1) is 12.0. The van der Waals surface area contributed by atoms with Gasteiger partial charge in [-0.15, -0.1) is 0 Å². The fraction of sp³-hybridized carbons (Fsp3) is 0.895. The first kappa shape index (κ1) is 20.0. The van der Waals surface area contributed by atoms with Gasteiger partial charge < -0.3 is 20.3 Å². The van der Waals surface area contributed by atoms with Crippen molar-refractivity contribution in [3.05, 3.63) is 0 Å². The molecule has 0 spiro atoms. The van der Waals surface area contributed by atoms with Crippen molar-refractivity contribution in [2.75, 3.05) is 33.9 Å². The van der Waals surface area contributed by atoms with Crippen molar-refractivity contribution in [1.29, 1.82) is 0 Å². The molecule has 1 aliphatic carbocycles. The number of rotatable bonds is 5. The van der Waals surface area contributed by atoms with E-state index in [9.17, 15) is 4.79 Å². The number of ether oxygens (including phenoxy) is 1. The Morgan fingerprint density at radius 2 is 1.60 bits per heavy atom. The zero-order chi connectivity index (χ0) is 18.2. The van der Waals surface area contributed by atoms with Gasteiger partial charge in [-0.1, -0.05) is 13.8 Å². The SMILES string of the molecule is CC(C)C1CCC(NC(=NCC(=O)N(C)C)NC2CCOCC2)CC1. The van der Waals surface area contributed by atoms with Crippen LogP contribution in [-0.4, -0.2) is 62.7 Å². The number of carbonyl (C=O) groups excluding carboxylic acids is 1. The number of amides is 1. The second-order valence-corrected chi connectivity index (χ2v) is 7.98. The third kappa shape index (κ3) is 6.84.